The van der Waals surface area contributed by atoms with Crippen molar-refractivity contribution in [3.05, 3.63) is 17.5 Å². The van der Waals surface area contributed by atoms with Crippen LogP contribution in [0.1, 0.15) is 29.5 Å². The van der Waals surface area contributed by atoms with E-state index in [0.717, 1.165) is 6.42 Å². The van der Waals surface area contributed by atoms with Crippen LogP contribution in [-0.4, -0.2) is 35.9 Å². The number of halogens is 3. The first-order chi connectivity index (χ1) is 8.45. The van der Waals surface area contributed by atoms with E-state index >= 15 is 0 Å². The molecular formula is C10H14F3N3O2. The number of aromatic nitrogens is 2. The Hall–Kier alpha value is -1.57. The average molecular weight is 265 g/mol. The van der Waals surface area contributed by atoms with Crippen LogP contribution < -0.4 is 5.32 Å². The molecule has 18 heavy (non-hydrogen) atoms. The van der Waals surface area contributed by atoms with Crippen molar-refractivity contribution in [1.29, 1.82) is 0 Å². The van der Waals surface area contributed by atoms with Gasteiger partial charge < -0.3 is 10.1 Å². The van der Waals surface area contributed by atoms with Crippen molar-refractivity contribution in [3.8, 4) is 0 Å². The van der Waals surface area contributed by atoms with Gasteiger partial charge in [0.05, 0.1) is 6.61 Å². The minimum absolute atomic E-state index is 0.229. The van der Waals surface area contributed by atoms with Crippen molar-refractivity contribution in [2.75, 3.05) is 19.8 Å². The summed E-state index contributed by atoms with van der Waals surface area (Å²) < 4.78 is 41.8. The zero-order valence-corrected chi connectivity index (χ0v) is 9.80. The molecule has 0 aliphatic carbocycles. The Labute approximate surface area is 102 Å². The second kappa shape index (κ2) is 6.39. The second-order valence-electron chi connectivity index (χ2n) is 3.53. The smallest absolute Gasteiger partial charge is 0.380 e. The van der Waals surface area contributed by atoms with Crippen molar-refractivity contribution in [2.45, 2.75) is 19.5 Å². The van der Waals surface area contributed by atoms with E-state index < -0.39 is 17.8 Å². The molecule has 0 radical (unpaired) electrons. The van der Waals surface area contributed by atoms with E-state index in [0.29, 0.717) is 19.3 Å². The maximum absolute atomic E-state index is 12.2. The lowest BCUT2D eigenvalue weighted by atomic mass is 10.3. The number of ether oxygens (including phenoxy) is 1. The predicted octanol–water partition coefficient (Wildman–Crippen LogP) is 1.58. The molecule has 0 fully saturated rings. The van der Waals surface area contributed by atoms with Crippen molar-refractivity contribution in [2.24, 2.45) is 0 Å². The number of nitrogens with zero attached hydrogens (tertiary/aromatic N) is 1. The molecule has 1 amide bonds. The van der Waals surface area contributed by atoms with Crippen LogP contribution in [-0.2, 0) is 10.9 Å². The molecule has 2 N–H and O–H groups in total. The molecule has 0 saturated carbocycles. The highest BCUT2D eigenvalue weighted by molar-refractivity contribution is 5.92. The molecule has 0 spiro atoms. The summed E-state index contributed by atoms with van der Waals surface area (Å²) >= 11 is 0. The number of amides is 1. The third-order valence-electron chi connectivity index (χ3n) is 2.00. The van der Waals surface area contributed by atoms with Crippen LogP contribution in [0, 0.1) is 0 Å². The van der Waals surface area contributed by atoms with Gasteiger partial charge in [-0.3, -0.25) is 9.89 Å². The van der Waals surface area contributed by atoms with Crippen LogP contribution in [0.4, 0.5) is 13.2 Å². The zero-order valence-electron chi connectivity index (χ0n) is 9.80. The molecule has 0 saturated heterocycles. The number of hydrogen-bond acceptors (Lipinski definition) is 3. The fourth-order valence-electron chi connectivity index (χ4n) is 1.16. The van der Waals surface area contributed by atoms with E-state index in [-0.39, 0.29) is 12.2 Å². The Bertz CT molecular complexity index is 390. The number of carbonyl (C=O) groups excluding carboxylic acids is 1. The molecule has 0 aliphatic rings. The fraction of sp³-hybridized carbons (Fsp3) is 0.600. The van der Waals surface area contributed by atoms with E-state index in [2.05, 4.69) is 10.4 Å². The molecule has 5 nitrogen and oxygen atoms in total. The van der Waals surface area contributed by atoms with Gasteiger partial charge in [0.15, 0.2) is 5.69 Å². The molecule has 0 aromatic carbocycles. The highest BCUT2D eigenvalue weighted by Gasteiger charge is 2.33. The molecule has 1 aromatic rings. The van der Waals surface area contributed by atoms with E-state index in [1.165, 1.54) is 0 Å². The molecule has 0 unspecified atom stereocenters. The van der Waals surface area contributed by atoms with Gasteiger partial charge in [0.25, 0.3) is 5.91 Å². The number of rotatable bonds is 6. The third-order valence-corrected chi connectivity index (χ3v) is 2.00. The van der Waals surface area contributed by atoms with E-state index in [1.807, 2.05) is 6.92 Å². The van der Waals surface area contributed by atoms with Crippen molar-refractivity contribution in [1.82, 2.24) is 15.5 Å². The predicted molar refractivity (Wildman–Crippen MR) is 57.0 cm³/mol. The monoisotopic (exact) mass is 265 g/mol. The fourth-order valence-corrected chi connectivity index (χ4v) is 1.16. The number of aromatic amines is 1. The number of hydrogen-bond donors (Lipinski definition) is 2. The first kappa shape index (κ1) is 14.5. The number of H-pyrrole nitrogens is 1. The minimum Gasteiger partial charge on any atom is -0.380 e. The molecule has 1 rings (SSSR count). The van der Waals surface area contributed by atoms with E-state index in [9.17, 15) is 18.0 Å². The third kappa shape index (κ3) is 4.36. The van der Waals surface area contributed by atoms with Crippen LogP contribution in [0.15, 0.2) is 6.07 Å². The van der Waals surface area contributed by atoms with Crippen molar-refractivity contribution >= 4 is 5.91 Å². The highest BCUT2D eigenvalue weighted by Crippen LogP contribution is 2.27. The molecule has 0 aliphatic heterocycles. The summed E-state index contributed by atoms with van der Waals surface area (Å²) in [5.74, 6) is -0.665. The molecule has 8 heteroatoms. The number of carbonyl (C=O) groups is 1. The van der Waals surface area contributed by atoms with Crippen molar-refractivity contribution < 1.29 is 22.7 Å². The number of nitrogens with one attached hydrogen (secondary N) is 2. The van der Waals surface area contributed by atoms with Gasteiger partial charge in [0.1, 0.15) is 5.69 Å². The van der Waals surface area contributed by atoms with Crippen LogP contribution in [0.5, 0.6) is 0 Å². The average Bonchev–Trinajstić information content (AvgIpc) is 2.77. The standard InChI is InChI=1S/C10H14F3N3O2/c1-2-4-18-5-3-14-9(17)7-6-8(16-15-7)10(11,12)13/h6H,2-5H2,1H3,(H,14,17)(H,15,16). The lowest BCUT2D eigenvalue weighted by Gasteiger charge is -2.03. The Morgan fingerprint density at radius 1 is 1.50 bits per heavy atom. The van der Waals surface area contributed by atoms with Gasteiger partial charge in [-0.25, -0.2) is 0 Å². The maximum atomic E-state index is 12.2. The second-order valence-corrected chi connectivity index (χ2v) is 3.53. The van der Waals surface area contributed by atoms with Gasteiger partial charge in [-0.2, -0.15) is 18.3 Å². The molecule has 1 aromatic heterocycles. The Kier molecular flexibility index (Phi) is 5.14. The van der Waals surface area contributed by atoms with E-state index in [4.69, 9.17) is 4.74 Å². The topological polar surface area (TPSA) is 67.0 Å². The molecule has 102 valence electrons. The largest absolute Gasteiger partial charge is 0.432 e. The van der Waals surface area contributed by atoms with Crippen molar-refractivity contribution in [3.63, 3.8) is 0 Å². The molecule has 0 atom stereocenters. The molecule has 0 bridgehead atoms. The quantitative estimate of drug-likeness (QED) is 0.767. The van der Waals surface area contributed by atoms with Gasteiger partial charge in [-0.05, 0) is 6.42 Å². The summed E-state index contributed by atoms with van der Waals surface area (Å²) in [6.07, 6.45) is -3.67. The molecule has 1 heterocycles. The lowest BCUT2D eigenvalue weighted by molar-refractivity contribution is -0.141. The first-order valence-electron chi connectivity index (χ1n) is 5.43. The summed E-state index contributed by atoms with van der Waals surface area (Å²) in [7, 11) is 0. The van der Waals surface area contributed by atoms with Crippen LogP contribution in [0.25, 0.3) is 0 Å². The van der Waals surface area contributed by atoms with Gasteiger partial charge in [0.2, 0.25) is 0 Å². The van der Waals surface area contributed by atoms with Crippen LogP contribution >= 0.6 is 0 Å². The lowest BCUT2D eigenvalue weighted by Crippen LogP contribution is -2.27. The summed E-state index contributed by atoms with van der Waals surface area (Å²) in [6.45, 7) is 3.07. The zero-order chi connectivity index (χ0) is 13.6. The Morgan fingerprint density at radius 3 is 2.78 bits per heavy atom. The summed E-state index contributed by atoms with van der Waals surface area (Å²) in [4.78, 5) is 11.4. The van der Waals surface area contributed by atoms with Gasteiger partial charge in [-0.15, -0.1) is 0 Å². The van der Waals surface area contributed by atoms with E-state index in [1.54, 1.807) is 5.10 Å². The number of alkyl halides is 3. The van der Waals surface area contributed by atoms with Crippen LogP contribution in [0.2, 0.25) is 0 Å². The summed E-state index contributed by atoms with van der Waals surface area (Å²) in [5.41, 5.74) is -1.34. The van der Waals surface area contributed by atoms with Crippen LogP contribution in [0.3, 0.4) is 0 Å². The minimum atomic E-state index is -4.53. The molecular weight excluding hydrogens is 251 g/mol. The SMILES string of the molecule is CCCOCCNC(=O)c1cc(C(F)(F)F)[nH]n1. The normalized spacial score (nSPS) is 11.6. The van der Waals surface area contributed by atoms with Gasteiger partial charge >= 0.3 is 6.18 Å². The summed E-state index contributed by atoms with van der Waals surface area (Å²) in [6, 6.07) is 0.669. The summed E-state index contributed by atoms with van der Waals surface area (Å²) in [5, 5.41) is 7.48. The van der Waals surface area contributed by atoms with Gasteiger partial charge in [0, 0.05) is 19.2 Å². The highest BCUT2D eigenvalue weighted by atomic mass is 19.4. The van der Waals surface area contributed by atoms with Gasteiger partial charge in [-0.1, -0.05) is 6.92 Å². The Morgan fingerprint density at radius 2 is 2.22 bits per heavy atom. The Balaban J connectivity index is 2.40. The maximum Gasteiger partial charge on any atom is 0.432 e. The first-order valence-corrected chi connectivity index (χ1v) is 5.43.